The van der Waals surface area contributed by atoms with Crippen molar-refractivity contribution in [1.82, 2.24) is 0 Å². The summed E-state index contributed by atoms with van der Waals surface area (Å²) in [5.74, 6) is 0. The van der Waals surface area contributed by atoms with Crippen molar-refractivity contribution >= 4 is 10.8 Å². The molecule has 0 spiro atoms. The Kier molecular flexibility index (Phi) is 4.74. The van der Waals surface area contributed by atoms with Crippen LogP contribution in [0.1, 0.15) is 14.8 Å². The van der Waals surface area contributed by atoms with Crippen LogP contribution in [0.15, 0.2) is 60.7 Å². The van der Waals surface area contributed by atoms with Crippen LogP contribution in [0.25, 0.3) is 21.9 Å². The summed E-state index contributed by atoms with van der Waals surface area (Å²) in [5.41, 5.74) is 5.91. The molecule has 0 heterocycles. The van der Waals surface area contributed by atoms with Crippen LogP contribution in [0, 0.1) is 0 Å². The summed E-state index contributed by atoms with van der Waals surface area (Å²) in [7, 11) is 0. The van der Waals surface area contributed by atoms with E-state index in [0.29, 0.717) is 3.63 Å². The molecule has 0 bridgehead atoms. The third kappa shape index (κ3) is 2.17. The summed E-state index contributed by atoms with van der Waals surface area (Å²) in [5, 5.41) is 2.74. The van der Waals surface area contributed by atoms with Crippen LogP contribution in [-0.2, 0) is 24.7 Å². The molecule has 1 aliphatic rings. The second-order valence-electron chi connectivity index (χ2n) is 4.77. The third-order valence-electron chi connectivity index (χ3n) is 3.81. The molecule has 0 nitrogen and oxygen atoms in total. The van der Waals surface area contributed by atoms with E-state index >= 15 is 0 Å². The van der Waals surface area contributed by atoms with Gasteiger partial charge in [-0.25, -0.2) is 0 Å². The Hall–Kier alpha value is -0.617. The molecule has 4 rings (SSSR count). The molecule has 1 unspecified atom stereocenters. The molecule has 0 N–H and O–H groups in total. The Morgan fingerprint density at radius 3 is 2.25 bits per heavy atom. The summed E-state index contributed by atoms with van der Waals surface area (Å²) < 4.78 is 0.605. The minimum absolute atomic E-state index is 0. The zero-order valence-corrected chi connectivity index (χ0v) is 14.6. The van der Waals surface area contributed by atoms with E-state index in [-0.39, 0.29) is 24.8 Å². The van der Waals surface area contributed by atoms with Gasteiger partial charge in [0.25, 0.3) is 0 Å². The molecule has 97 valence electrons. The van der Waals surface area contributed by atoms with Crippen LogP contribution in [-0.4, -0.2) is 0 Å². The molecule has 0 saturated carbocycles. The van der Waals surface area contributed by atoms with Crippen molar-refractivity contribution in [2.45, 2.75) is 3.63 Å². The third-order valence-corrected chi connectivity index (χ3v) is 5.34. The van der Waals surface area contributed by atoms with Crippen molar-refractivity contribution in [2.75, 3.05) is 0 Å². The van der Waals surface area contributed by atoms with Crippen LogP contribution in [0.3, 0.4) is 0 Å². The maximum absolute atomic E-state index is 2.32. The molecular weight excluding hydrogens is 366 g/mol. The van der Waals surface area contributed by atoms with E-state index < -0.39 is 0 Å². The van der Waals surface area contributed by atoms with Gasteiger partial charge in [-0.3, -0.25) is 0 Å². The van der Waals surface area contributed by atoms with Crippen LogP contribution < -0.4 is 24.8 Å². The number of fused-ring (bicyclic) bond motifs is 5. The van der Waals surface area contributed by atoms with Crippen molar-refractivity contribution in [3.05, 3.63) is 71.8 Å². The molecule has 0 aromatic heterocycles. The quantitative estimate of drug-likeness (QED) is 0.446. The molecule has 20 heavy (non-hydrogen) atoms. The first kappa shape index (κ1) is 15.8. The Bertz CT molecular complexity index is 768. The number of benzene rings is 3. The molecule has 3 aromatic carbocycles. The van der Waals surface area contributed by atoms with E-state index in [2.05, 4.69) is 60.7 Å². The summed E-state index contributed by atoms with van der Waals surface area (Å²) in [6, 6.07) is 22.1. The summed E-state index contributed by atoms with van der Waals surface area (Å²) in [6.07, 6.45) is 0. The van der Waals surface area contributed by atoms with Crippen molar-refractivity contribution < 1.29 is 49.5 Å². The van der Waals surface area contributed by atoms with Crippen LogP contribution >= 0.6 is 0 Å². The zero-order chi connectivity index (χ0) is 12.1. The topological polar surface area (TPSA) is 0 Å². The van der Waals surface area contributed by atoms with E-state index in [0.717, 1.165) is 0 Å². The standard InChI is InChI=1S/C17H11.2ClH.Zr/c1-3-7-15-12(5-1)9-10-14-11-13-6-2-4-8-16(13)17(14)15;;;/h1-11H;2*1H;/q;;;+2/p-2. The number of halogens is 2. The minimum atomic E-state index is 0. The molecule has 3 heteroatoms. The van der Waals surface area contributed by atoms with E-state index in [1.165, 1.54) is 33.0 Å². The van der Waals surface area contributed by atoms with Crippen LogP contribution in [0.2, 0.25) is 0 Å². The molecule has 1 atom stereocenters. The van der Waals surface area contributed by atoms with Gasteiger partial charge in [0.15, 0.2) is 0 Å². The summed E-state index contributed by atoms with van der Waals surface area (Å²) >= 11 is 1.58. The van der Waals surface area contributed by atoms with Gasteiger partial charge in [-0.1, -0.05) is 0 Å². The Labute approximate surface area is 146 Å². The van der Waals surface area contributed by atoms with E-state index in [9.17, 15) is 0 Å². The fourth-order valence-corrected chi connectivity index (χ4v) is 4.18. The zero-order valence-electron chi connectivity index (χ0n) is 10.6. The predicted octanol–water partition coefficient (Wildman–Crippen LogP) is -1.54. The Morgan fingerprint density at radius 2 is 1.40 bits per heavy atom. The van der Waals surface area contributed by atoms with Gasteiger partial charge >= 0.3 is 122 Å². The van der Waals surface area contributed by atoms with Gasteiger partial charge in [0.2, 0.25) is 0 Å². The molecule has 0 fully saturated rings. The van der Waals surface area contributed by atoms with E-state index in [4.69, 9.17) is 0 Å². The van der Waals surface area contributed by atoms with E-state index in [1.54, 1.807) is 24.7 Å². The second kappa shape index (κ2) is 6.02. The molecule has 3 aromatic rings. The van der Waals surface area contributed by atoms with Gasteiger partial charge in [-0.15, -0.1) is 0 Å². The fraction of sp³-hybridized carbons (Fsp3) is 0.0588. The molecular formula is C17H11Cl2Zr. The first-order valence-corrected chi connectivity index (χ1v) is 7.60. The molecule has 0 aliphatic heterocycles. The summed E-state index contributed by atoms with van der Waals surface area (Å²) in [4.78, 5) is 0. The normalized spacial score (nSPS) is 15.0. The molecule has 0 amide bonds. The Morgan fingerprint density at radius 1 is 0.700 bits per heavy atom. The average molecular weight is 377 g/mol. The molecule has 0 saturated heterocycles. The number of hydrogen-bond donors (Lipinski definition) is 0. The first-order chi connectivity index (χ1) is 8.86. The van der Waals surface area contributed by atoms with Gasteiger partial charge in [0.1, 0.15) is 0 Å². The van der Waals surface area contributed by atoms with Crippen LogP contribution in [0.4, 0.5) is 0 Å². The SMILES string of the molecule is [Cl-].[Cl-].[Zr+2][CH]1c2ccccc2-c2c1ccc1ccccc21. The number of rotatable bonds is 0. The van der Waals surface area contributed by atoms with Crippen molar-refractivity contribution in [2.24, 2.45) is 0 Å². The predicted molar refractivity (Wildman–Crippen MR) is 71.2 cm³/mol. The van der Waals surface area contributed by atoms with Crippen molar-refractivity contribution in [1.29, 1.82) is 0 Å². The van der Waals surface area contributed by atoms with Gasteiger partial charge in [-0.2, -0.15) is 0 Å². The van der Waals surface area contributed by atoms with Gasteiger partial charge < -0.3 is 24.8 Å². The van der Waals surface area contributed by atoms with Gasteiger partial charge in [0.05, 0.1) is 0 Å². The van der Waals surface area contributed by atoms with Crippen molar-refractivity contribution in [3.63, 3.8) is 0 Å². The van der Waals surface area contributed by atoms with E-state index in [1.807, 2.05) is 0 Å². The van der Waals surface area contributed by atoms with Crippen molar-refractivity contribution in [3.8, 4) is 11.1 Å². The Balaban J connectivity index is 0.000000735. The average Bonchev–Trinajstić information content (AvgIpc) is 2.73. The van der Waals surface area contributed by atoms with Gasteiger partial charge in [-0.05, 0) is 0 Å². The maximum atomic E-state index is 2.32. The molecule has 1 aliphatic carbocycles. The summed E-state index contributed by atoms with van der Waals surface area (Å²) in [6.45, 7) is 0. The fourth-order valence-electron chi connectivity index (χ4n) is 2.97. The second-order valence-corrected chi connectivity index (χ2v) is 6.19. The number of hydrogen-bond acceptors (Lipinski definition) is 0. The molecule has 0 radical (unpaired) electrons. The monoisotopic (exact) mass is 375 g/mol. The first-order valence-electron chi connectivity index (χ1n) is 6.18. The van der Waals surface area contributed by atoms with Crippen LogP contribution in [0.5, 0.6) is 0 Å². The van der Waals surface area contributed by atoms with Gasteiger partial charge in [0, 0.05) is 0 Å².